The molecule has 1 heterocycles. The molecule has 5 heteroatoms. The third-order valence-electron chi connectivity index (χ3n) is 3.17. The normalized spacial score (nSPS) is 11.2. The quantitative estimate of drug-likeness (QED) is 0.666. The highest BCUT2D eigenvalue weighted by Crippen LogP contribution is 2.38. The molecule has 0 aliphatic rings. The van der Waals surface area contributed by atoms with Gasteiger partial charge in [0.15, 0.2) is 0 Å². The topological polar surface area (TPSA) is 42.1 Å². The van der Waals surface area contributed by atoms with E-state index in [1.807, 2.05) is 24.3 Å². The van der Waals surface area contributed by atoms with Crippen LogP contribution in [0.4, 0.5) is 0 Å². The molecule has 0 saturated heterocycles. The average Bonchev–Trinajstić information content (AvgIpc) is 2.82. The Bertz CT molecular complexity index is 825. The lowest BCUT2D eigenvalue weighted by Crippen LogP contribution is -2.05. The van der Waals surface area contributed by atoms with E-state index in [1.54, 1.807) is 13.0 Å². The van der Waals surface area contributed by atoms with Crippen LogP contribution in [0.3, 0.4) is 0 Å². The van der Waals surface area contributed by atoms with Gasteiger partial charge in [0.05, 0.1) is 22.7 Å². The molecular formula is C15H11BrClNO2. The molecule has 102 valence electrons. The van der Waals surface area contributed by atoms with Crippen molar-refractivity contribution in [1.29, 1.82) is 0 Å². The molecule has 3 aromatic rings. The average molecular weight is 353 g/mol. The van der Waals surface area contributed by atoms with Crippen molar-refractivity contribution in [3.8, 4) is 0 Å². The van der Waals surface area contributed by atoms with Crippen LogP contribution in [0.5, 0.6) is 0 Å². The first-order valence-electron chi connectivity index (χ1n) is 6.19. The molecule has 0 bridgehead atoms. The van der Waals surface area contributed by atoms with Crippen molar-refractivity contribution in [3.63, 3.8) is 0 Å². The van der Waals surface area contributed by atoms with Gasteiger partial charge in [0.2, 0.25) is 0 Å². The first-order valence-corrected chi connectivity index (χ1v) is 7.36. The molecule has 20 heavy (non-hydrogen) atoms. The number of halogens is 2. The Labute approximate surface area is 129 Å². The van der Waals surface area contributed by atoms with E-state index in [0.717, 1.165) is 26.3 Å². The van der Waals surface area contributed by atoms with Crippen LogP contribution in [0.15, 0.2) is 34.8 Å². The summed E-state index contributed by atoms with van der Waals surface area (Å²) in [6.45, 7) is 2.11. The van der Waals surface area contributed by atoms with Crippen LogP contribution in [0.2, 0.25) is 5.02 Å². The molecule has 0 saturated carbocycles. The molecule has 1 N–H and O–H groups in total. The second-order valence-corrected chi connectivity index (χ2v) is 5.56. The van der Waals surface area contributed by atoms with Crippen LogP contribution in [0.1, 0.15) is 17.3 Å². The van der Waals surface area contributed by atoms with E-state index in [2.05, 4.69) is 20.9 Å². The number of benzene rings is 2. The molecule has 0 atom stereocenters. The fourth-order valence-corrected chi connectivity index (χ4v) is 3.05. The maximum Gasteiger partial charge on any atom is 0.340 e. The summed E-state index contributed by atoms with van der Waals surface area (Å²) in [4.78, 5) is 15.3. The van der Waals surface area contributed by atoms with Gasteiger partial charge in [-0.25, -0.2) is 4.79 Å². The smallest absolute Gasteiger partial charge is 0.340 e. The number of hydrogen-bond donors (Lipinski definition) is 1. The maximum absolute atomic E-state index is 12.1. The van der Waals surface area contributed by atoms with E-state index in [-0.39, 0.29) is 5.97 Å². The highest BCUT2D eigenvalue weighted by molar-refractivity contribution is 9.10. The van der Waals surface area contributed by atoms with Gasteiger partial charge in [-0.15, -0.1) is 0 Å². The van der Waals surface area contributed by atoms with Crippen LogP contribution in [-0.2, 0) is 4.74 Å². The number of nitrogens with one attached hydrogen (secondary N) is 1. The van der Waals surface area contributed by atoms with Crippen molar-refractivity contribution in [3.05, 3.63) is 45.4 Å². The highest BCUT2D eigenvalue weighted by Gasteiger charge is 2.19. The van der Waals surface area contributed by atoms with Gasteiger partial charge in [-0.1, -0.05) is 29.8 Å². The predicted molar refractivity (Wildman–Crippen MR) is 84.5 cm³/mol. The molecule has 0 amide bonds. The molecule has 0 unspecified atom stereocenters. The van der Waals surface area contributed by atoms with Gasteiger partial charge in [-0.05, 0) is 35.0 Å². The van der Waals surface area contributed by atoms with Crippen molar-refractivity contribution < 1.29 is 9.53 Å². The number of H-pyrrole nitrogens is 1. The number of aromatic nitrogens is 1. The zero-order valence-corrected chi connectivity index (χ0v) is 13.0. The number of fused-ring (bicyclic) bond motifs is 3. The Kier molecular flexibility index (Phi) is 3.44. The Hall–Kier alpha value is -1.52. The summed E-state index contributed by atoms with van der Waals surface area (Å²) in [5, 5.41) is 2.41. The second kappa shape index (κ2) is 5.11. The van der Waals surface area contributed by atoms with E-state index >= 15 is 0 Å². The molecule has 0 fully saturated rings. The standard InChI is InChI=1S/C15H11BrClNO2/c1-2-20-15(19)9-7-10(17)13(16)12-8-5-3-4-6-11(8)18-14(9)12/h3-7,18H,2H2,1H3. The third kappa shape index (κ3) is 2.00. The molecule has 0 spiro atoms. The monoisotopic (exact) mass is 351 g/mol. The van der Waals surface area contributed by atoms with Crippen molar-refractivity contribution >= 4 is 55.3 Å². The fourth-order valence-electron chi connectivity index (χ4n) is 2.32. The molecule has 1 aromatic heterocycles. The van der Waals surface area contributed by atoms with Crippen LogP contribution in [0.25, 0.3) is 21.8 Å². The zero-order chi connectivity index (χ0) is 14.3. The number of aromatic amines is 1. The summed E-state index contributed by atoms with van der Waals surface area (Å²) in [5.74, 6) is -0.376. The summed E-state index contributed by atoms with van der Waals surface area (Å²) < 4.78 is 5.87. The van der Waals surface area contributed by atoms with Gasteiger partial charge >= 0.3 is 5.97 Å². The summed E-state index contributed by atoms with van der Waals surface area (Å²) in [6.07, 6.45) is 0. The van der Waals surface area contributed by atoms with Gasteiger partial charge in [0, 0.05) is 20.8 Å². The first-order chi connectivity index (χ1) is 9.63. The number of ether oxygens (including phenoxy) is 1. The van der Waals surface area contributed by atoms with Crippen LogP contribution in [-0.4, -0.2) is 17.6 Å². The van der Waals surface area contributed by atoms with Gasteiger partial charge in [-0.2, -0.15) is 0 Å². The Morgan fingerprint density at radius 2 is 2.15 bits per heavy atom. The number of hydrogen-bond acceptors (Lipinski definition) is 2. The Morgan fingerprint density at radius 1 is 1.40 bits per heavy atom. The molecule has 2 aromatic carbocycles. The van der Waals surface area contributed by atoms with Gasteiger partial charge in [-0.3, -0.25) is 0 Å². The van der Waals surface area contributed by atoms with E-state index in [9.17, 15) is 4.79 Å². The van der Waals surface area contributed by atoms with Crippen molar-refractivity contribution in [2.24, 2.45) is 0 Å². The minimum Gasteiger partial charge on any atom is -0.462 e. The number of esters is 1. The van der Waals surface area contributed by atoms with Crippen LogP contribution < -0.4 is 0 Å². The van der Waals surface area contributed by atoms with E-state index in [1.165, 1.54) is 0 Å². The number of carbonyl (C=O) groups is 1. The van der Waals surface area contributed by atoms with Crippen LogP contribution >= 0.6 is 27.5 Å². The highest BCUT2D eigenvalue weighted by atomic mass is 79.9. The lowest BCUT2D eigenvalue weighted by Gasteiger charge is -2.06. The Morgan fingerprint density at radius 3 is 2.90 bits per heavy atom. The van der Waals surface area contributed by atoms with Gasteiger partial charge in [0.1, 0.15) is 0 Å². The van der Waals surface area contributed by atoms with Crippen molar-refractivity contribution in [2.45, 2.75) is 6.92 Å². The fraction of sp³-hybridized carbons (Fsp3) is 0.133. The van der Waals surface area contributed by atoms with Gasteiger partial charge in [0.25, 0.3) is 0 Å². The lowest BCUT2D eigenvalue weighted by molar-refractivity contribution is 0.0528. The van der Waals surface area contributed by atoms with E-state index in [0.29, 0.717) is 17.2 Å². The molecule has 0 aliphatic heterocycles. The second-order valence-electron chi connectivity index (χ2n) is 4.36. The van der Waals surface area contributed by atoms with E-state index < -0.39 is 0 Å². The molecule has 3 rings (SSSR count). The van der Waals surface area contributed by atoms with Crippen molar-refractivity contribution in [2.75, 3.05) is 6.61 Å². The Balaban J connectivity index is 2.42. The summed E-state index contributed by atoms with van der Waals surface area (Å²) in [7, 11) is 0. The molecular weight excluding hydrogens is 342 g/mol. The van der Waals surface area contributed by atoms with Gasteiger partial charge < -0.3 is 9.72 Å². The minimum absolute atomic E-state index is 0.328. The summed E-state index contributed by atoms with van der Waals surface area (Å²) in [5.41, 5.74) is 2.14. The molecule has 0 aliphatic carbocycles. The summed E-state index contributed by atoms with van der Waals surface area (Å²) in [6, 6.07) is 9.47. The molecule has 0 radical (unpaired) electrons. The first kappa shape index (κ1) is 13.5. The van der Waals surface area contributed by atoms with Crippen molar-refractivity contribution in [1.82, 2.24) is 4.98 Å². The predicted octanol–water partition coefficient (Wildman–Crippen LogP) is 4.91. The summed E-state index contributed by atoms with van der Waals surface area (Å²) >= 11 is 9.73. The maximum atomic E-state index is 12.1. The largest absolute Gasteiger partial charge is 0.462 e. The number of para-hydroxylation sites is 1. The lowest BCUT2D eigenvalue weighted by atomic mass is 10.1. The van der Waals surface area contributed by atoms with E-state index in [4.69, 9.17) is 16.3 Å². The zero-order valence-electron chi connectivity index (χ0n) is 10.7. The van der Waals surface area contributed by atoms with Crippen LogP contribution in [0, 0.1) is 0 Å². The molecule has 3 nitrogen and oxygen atoms in total. The third-order valence-corrected chi connectivity index (χ3v) is 4.52. The number of rotatable bonds is 2. The SMILES string of the molecule is CCOC(=O)c1cc(Cl)c(Br)c2c1[nH]c1ccccc12. The minimum atomic E-state index is -0.376. The number of carbonyl (C=O) groups excluding carboxylic acids is 1.